The van der Waals surface area contributed by atoms with Crippen molar-refractivity contribution in [2.75, 3.05) is 13.2 Å². The molecule has 392 valence electrons. The molecule has 1 aromatic carbocycles. The average Bonchev–Trinajstić information content (AvgIpc) is 3.71. The van der Waals surface area contributed by atoms with Gasteiger partial charge in [-0.2, -0.15) is 0 Å². The molecule has 1 saturated heterocycles. The Bertz CT molecular complexity index is 1510. The molecule has 1 unspecified atom stereocenters. The molecule has 0 radical (unpaired) electrons. The predicted molar refractivity (Wildman–Crippen MR) is 265 cm³/mol. The average molecular weight is 981 g/mol. The van der Waals surface area contributed by atoms with Gasteiger partial charge in [0, 0.05) is 25.7 Å². The normalized spacial score (nSPS) is 23.5. The standard InChI is InChI=1S/C54H93O13P/c1-3-5-7-9-11-13-15-17-19-21-23-25-31-37-46(55)61-42-45(64-47(56)38-32-26-24-22-20-18-16-14-12-10-8-6-4-2)43-63-68(60,62-41-44-35-29-27-30-36-44)67-52-50(59)48(57)49(58)51-53(52)66-54(65-51)39-33-28-34-40-54/h27,29-30,35-36,45,48-53,57-59H,3-26,28,31-34,37-43H2,1-2H3/t45-,48-,49-,50+,51+,52-,53+,68?/m0/s1. The molecule has 13 nitrogen and oxygen atoms in total. The Morgan fingerprint density at radius 2 is 1.06 bits per heavy atom. The Hall–Kier alpha value is -1.93. The van der Waals surface area contributed by atoms with Crippen molar-refractivity contribution in [1.29, 1.82) is 0 Å². The zero-order valence-corrected chi connectivity index (χ0v) is 43.1. The van der Waals surface area contributed by atoms with Gasteiger partial charge in [-0.3, -0.25) is 23.2 Å². The first kappa shape index (κ1) is 58.6. The first-order valence-corrected chi connectivity index (χ1v) is 28.9. The fourth-order valence-corrected chi connectivity index (χ4v) is 11.1. The van der Waals surface area contributed by atoms with E-state index in [-0.39, 0.29) is 26.1 Å². The third kappa shape index (κ3) is 22.7. The number of unbranched alkanes of at least 4 members (excludes halogenated alkanes) is 24. The van der Waals surface area contributed by atoms with Crippen LogP contribution in [-0.4, -0.2) is 89.0 Å². The van der Waals surface area contributed by atoms with Crippen molar-refractivity contribution in [3.63, 3.8) is 0 Å². The Balaban J connectivity index is 1.32. The van der Waals surface area contributed by atoms with E-state index in [2.05, 4.69) is 13.8 Å². The summed E-state index contributed by atoms with van der Waals surface area (Å²) in [5.74, 6) is -1.96. The minimum Gasteiger partial charge on any atom is -0.462 e. The number of phosphoric acid groups is 1. The number of phosphoric ester groups is 1. The lowest BCUT2D eigenvalue weighted by Crippen LogP contribution is -2.63. The molecule has 4 rings (SSSR count). The van der Waals surface area contributed by atoms with Crippen LogP contribution in [0.5, 0.6) is 0 Å². The second-order valence-corrected chi connectivity index (χ2v) is 21.6. The molecular formula is C54H93O13P. The van der Waals surface area contributed by atoms with E-state index in [9.17, 15) is 29.5 Å². The zero-order chi connectivity index (χ0) is 48.7. The van der Waals surface area contributed by atoms with Crippen LogP contribution in [0.2, 0.25) is 0 Å². The highest BCUT2D eigenvalue weighted by atomic mass is 31.2. The fourth-order valence-electron chi connectivity index (χ4n) is 9.75. The zero-order valence-electron chi connectivity index (χ0n) is 42.3. The molecule has 1 aliphatic heterocycles. The van der Waals surface area contributed by atoms with Crippen molar-refractivity contribution in [2.24, 2.45) is 0 Å². The second kappa shape index (κ2) is 34.4. The first-order chi connectivity index (χ1) is 33.1. The van der Waals surface area contributed by atoms with Gasteiger partial charge < -0.3 is 34.3 Å². The maximum atomic E-state index is 14.8. The van der Waals surface area contributed by atoms with Gasteiger partial charge in [0.15, 0.2) is 11.9 Å². The minimum absolute atomic E-state index is 0.163. The molecule has 2 saturated carbocycles. The lowest BCUT2D eigenvalue weighted by Gasteiger charge is -2.41. The summed E-state index contributed by atoms with van der Waals surface area (Å²) in [6, 6.07) is 8.97. The van der Waals surface area contributed by atoms with Crippen LogP contribution in [0, 0.1) is 0 Å². The molecule has 1 spiro atoms. The number of benzene rings is 1. The molecule has 8 atom stereocenters. The van der Waals surface area contributed by atoms with Gasteiger partial charge in [0.2, 0.25) is 0 Å². The van der Waals surface area contributed by atoms with E-state index < -0.39 is 74.9 Å². The van der Waals surface area contributed by atoms with Crippen LogP contribution in [0.4, 0.5) is 0 Å². The lowest BCUT2D eigenvalue weighted by molar-refractivity contribution is -0.202. The summed E-state index contributed by atoms with van der Waals surface area (Å²) in [5, 5.41) is 33.3. The number of fused-ring (bicyclic) bond motifs is 1. The van der Waals surface area contributed by atoms with Gasteiger partial charge in [0.25, 0.3) is 0 Å². The molecule has 14 heteroatoms. The van der Waals surface area contributed by atoms with Gasteiger partial charge >= 0.3 is 19.8 Å². The lowest BCUT2D eigenvalue weighted by atomic mass is 9.85. The summed E-state index contributed by atoms with van der Waals surface area (Å²) in [6.07, 6.45) is 25.2. The minimum atomic E-state index is -4.70. The first-order valence-electron chi connectivity index (χ1n) is 27.4. The third-order valence-electron chi connectivity index (χ3n) is 13.9. The summed E-state index contributed by atoms with van der Waals surface area (Å²) in [6.45, 7) is 3.42. The van der Waals surface area contributed by atoms with Gasteiger partial charge in [-0.25, -0.2) is 4.57 Å². The van der Waals surface area contributed by atoms with Crippen LogP contribution < -0.4 is 0 Å². The summed E-state index contributed by atoms with van der Waals surface area (Å²) in [7, 11) is -4.70. The van der Waals surface area contributed by atoms with E-state index >= 15 is 0 Å². The van der Waals surface area contributed by atoms with Crippen LogP contribution in [0.25, 0.3) is 0 Å². The van der Waals surface area contributed by atoms with E-state index in [0.717, 1.165) is 57.8 Å². The molecule has 2 aliphatic carbocycles. The van der Waals surface area contributed by atoms with Crippen LogP contribution in [-0.2, 0) is 53.3 Å². The molecule has 1 heterocycles. The van der Waals surface area contributed by atoms with E-state index in [0.29, 0.717) is 31.2 Å². The number of hydrogen-bond donors (Lipinski definition) is 3. The van der Waals surface area contributed by atoms with E-state index in [1.54, 1.807) is 24.3 Å². The fraction of sp³-hybridized carbons (Fsp3) is 0.852. The van der Waals surface area contributed by atoms with Crippen LogP contribution in [0.3, 0.4) is 0 Å². The molecule has 0 amide bonds. The van der Waals surface area contributed by atoms with Crippen molar-refractivity contribution in [2.45, 2.75) is 281 Å². The Labute approximate surface area is 410 Å². The van der Waals surface area contributed by atoms with Crippen LogP contribution in [0.15, 0.2) is 30.3 Å². The van der Waals surface area contributed by atoms with Gasteiger partial charge in [-0.15, -0.1) is 0 Å². The number of rotatable bonds is 39. The molecule has 68 heavy (non-hydrogen) atoms. The van der Waals surface area contributed by atoms with Crippen molar-refractivity contribution in [3.05, 3.63) is 35.9 Å². The molecule has 0 aromatic heterocycles. The Kier molecular flexibility index (Phi) is 29.7. The van der Waals surface area contributed by atoms with Crippen molar-refractivity contribution < 1.29 is 62.0 Å². The van der Waals surface area contributed by atoms with E-state index in [4.69, 9.17) is 32.5 Å². The summed E-state index contributed by atoms with van der Waals surface area (Å²) >= 11 is 0. The second-order valence-electron chi connectivity index (χ2n) is 20.0. The van der Waals surface area contributed by atoms with Gasteiger partial charge in [-0.1, -0.05) is 205 Å². The summed E-state index contributed by atoms with van der Waals surface area (Å²) < 4.78 is 56.8. The highest BCUT2D eigenvalue weighted by Gasteiger charge is 2.61. The molecule has 3 fully saturated rings. The molecule has 1 aromatic rings. The SMILES string of the molecule is CCCCCCCCCCCCCCCC(=O)OC[C@@H](COP(=O)(OCc1ccccc1)O[C@H]1[C@H](O)[C@@H](O)[C@H](O)[C@H]2OC3(CCCCC3)O[C@H]21)OC(=O)CCCCCCCCCCCCCCC. The monoisotopic (exact) mass is 981 g/mol. The van der Waals surface area contributed by atoms with Crippen molar-refractivity contribution >= 4 is 19.8 Å². The van der Waals surface area contributed by atoms with Crippen LogP contribution in [0.1, 0.15) is 231 Å². The smallest absolute Gasteiger partial charge is 0.462 e. The molecule has 3 N–H and O–H groups in total. The maximum absolute atomic E-state index is 14.8. The van der Waals surface area contributed by atoms with Crippen LogP contribution >= 0.6 is 7.82 Å². The maximum Gasteiger partial charge on any atom is 0.475 e. The quantitative estimate of drug-likeness (QED) is 0.0323. The van der Waals surface area contributed by atoms with Crippen molar-refractivity contribution in [1.82, 2.24) is 0 Å². The number of aliphatic hydroxyl groups excluding tert-OH is 3. The summed E-state index contributed by atoms with van der Waals surface area (Å²) in [4.78, 5) is 26.3. The predicted octanol–water partition coefficient (Wildman–Crippen LogP) is 12.7. The Morgan fingerprint density at radius 1 is 0.588 bits per heavy atom. The summed E-state index contributed by atoms with van der Waals surface area (Å²) in [5.41, 5.74) is 0.655. The van der Waals surface area contributed by atoms with Gasteiger partial charge in [-0.05, 0) is 31.2 Å². The number of carbonyl (C=O) groups excluding carboxylic acids is 2. The van der Waals surface area contributed by atoms with Gasteiger partial charge in [0.05, 0.1) is 13.2 Å². The third-order valence-corrected chi connectivity index (χ3v) is 15.3. The van der Waals surface area contributed by atoms with E-state index in [1.807, 2.05) is 6.07 Å². The number of hydrogen-bond acceptors (Lipinski definition) is 13. The number of aliphatic hydroxyl groups is 3. The largest absolute Gasteiger partial charge is 0.475 e. The van der Waals surface area contributed by atoms with Crippen molar-refractivity contribution in [3.8, 4) is 0 Å². The topological polar surface area (TPSA) is 177 Å². The van der Waals surface area contributed by atoms with E-state index in [1.165, 1.54) is 116 Å². The number of carbonyl (C=O) groups is 2. The van der Waals surface area contributed by atoms with Gasteiger partial charge in [0.1, 0.15) is 43.2 Å². The highest BCUT2D eigenvalue weighted by molar-refractivity contribution is 7.48. The molecule has 0 bridgehead atoms. The number of ether oxygens (including phenoxy) is 4. The molecular weight excluding hydrogens is 888 g/mol. The Morgan fingerprint density at radius 3 is 1.57 bits per heavy atom. The number of esters is 2. The molecule has 3 aliphatic rings. The highest BCUT2D eigenvalue weighted by Crippen LogP contribution is 2.55.